The molecule has 3 aromatic rings. The first-order valence-electron chi connectivity index (χ1n) is 13.3. The second-order valence-corrected chi connectivity index (χ2v) is 11.4. The highest BCUT2D eigenvalue weighted by Crippen LogP contribution is 2.40. The number of nitrogens with zero attached hydrogens (tertiary/aromatic N) is 2. The largest absolute Gasteiger partial charge is 0.486 e. The van der Waals surface area contributed by atoms with Crippen LogP contribution >= 0.6 is 11.3 Å². The summed E-state index contributed by atoms with van der Waals surface area (Å²) >= 11 is 1.42. The number of nitrogens with one attached hydrogen (secondary N) is 1. The Hall–Kier alpha value is -3.19. The van der Waals surface area contributed by atoms with Crippen molar-refractivity contribution >= 4 is 23.2 Å². The molecule has 2 aliphatic rings. The number of carbonyl (C=O) groups excluding carboxylic acids is 2. The van der Waals surface area contributed by atoms with Gasteiger partial charge >= 0.3 is 0 Å². The minimum atomic E-state index is -0.167. The lowest BCUT2D eigenvalue weighted by Crippen LogP contribution is -2.43. The van der Waals surface area contributed by atoms with Crippen LogP contribution < -0.4 is 10.1 Å². The van der Waals surface area contributed by atoms with Gasteiger partial charge in [0.2, 0.25) is 5.91 Å². The van der Waals surface area contributed by atoms with Gasteiger partial charge in [-0.05, 0) is 68.9 Å². The maximum Gasteiger partial charge on any atom is 0.270 e. The number of thiazole rings is 1. The Labute approximate surface area is 223 Å². The van der Waals surface area contributed by atoms with Gasteiger partial charge in [0, 0.05) is 23.9 Å². The predicted molar refractivity (Wildman–Crippen MR) is 146 cm³/mol. The number of hydrogen-bond acceptors (Lipinski definition) is 5. The van der Waals surface area contributed by atoms with Crippen molar-refractivity contribution < 1.29 is 14.3 Å². The second-order valence-electron chi connectivity index (χ2n) is 10.5. The van der Waals surface area contributed by atoms with Gasteiger partial charge in [0.05, 0.1) is 6.04 Å². The highest BCUT2D eigenvalue weighted by Gasteiger charge is 2.36. The Morgan fingerprint density at radius 3 is 2.62 bits per heavy atom. The van der Waals surface area contributed by atoms with E-state index in [-0.39, 0.29) is 29.8 Å². The molecule has 0 saturated heterocycles. The van der Waals surface area contributed by atoms with Crippen molar-refractivity contribution in [3.05, 3.63) is 80.8 Å². The molecular formula is C30H35N3O3S. The molecule has 2 amide bonds. The molecule has 2 heterocycles. The maximum atomic E-state index is 13.6. The van der Waals surface area contributed by atoms with Gasteiger partial charge in [-0.15, -0.1) is 11.3 Å². The van der Waals surface area contributed by atoms with Crippen molar-refractivity contribution in [1.82, 2.24) is 15.2 Å². The summed E-state index contributed by atoms with van der Waals surface area (Å²) in [5.41, 5.74) is 5.15. The summed E-state index contributed by atoms with van der Waals surface area (Å²) in [6, 6.07) is 14.7. The molecule has 194 valence electrons. The molecule has 37 heavy (non-hydrogen) atoms. The molecule has 1 atom stereocenters. The van der Waals surface area contributed by atoms with E-state index in [2.05, 4.69) is 58.5 Å². The van der Waals surface area contributed by atoms with E-state index in [0.29, 0.717) is 12.3 Å². The van der Waals surface area contributed by atoms with Gasteiger partial charge in [-0.2, -0.15) is 0 Å². The van der Waals surface area contributed by atoms with Crippen LogP contribution in [0.1, 0.15) is 83.3 Å². The number of benzene rings is 2. The van der Waals surface area contributed by atoms with Crippen LogP contribution in [0.25, 0.3) is 0 Å². The lowest BCUT2D eigenvalue weighted by atomic mass is 9.86. The maximum absolute atomic E-state index is 13.6. The minimum absolute atomic E-state index is 0.0611. The normalized spacial score (nSPS) is 17.6. The van der Waals surface area contributed by atoms with Gasteiger partial charge < -0.3 is 15.0 Å². The molecule has 1 aliphatic heterocycles. The van der Waals surface area contributed by atoms with Gasteiger partial charge in [-0.1, -0.05) is 48.7 Å². The summed E-state index contributed by atoms with van der Waals surface area (Å²) in [5.74, 6) is 1.00. The van der Waals surface area contributed by atoms with Gasteiger partial charge in [-0.25, -0.2) is 4.98 Å². The SMILES string of the molecule is Cc1ccc([C@@H]2c3cc(OCc4nc(C(=O)NC(C)C)cs4)ccc3CCN2C(=O)C2CCCC2)cc1. The fraction of sp³-hybridized carbons (Fsp3) is 0.433. The molecular weight excluding hydrogens is 482 g/mol. The van der Waals surface area contributed by atoms with E-state index in [1.165, 1.54) is 22.5 Å². The minimum Gasteiger partial charge on any atom is -0.486 e. The Morgan fingerprint density at radius 2 is 1.89 bits per heavy atom. The van der Waals surface area contributed by atoms with Gasteiger partial charge in [0.15, 0.2) is 0 Å². The van der Waals surface area contributed by atoms with Crippen LogP contribution in [0.3, 0.4) is 0 Å². The fourth-order valence-electron chi connectivity index (χ4n) is 5.40. The zero-order valence-corrected chi connectivity index (χ0v) is 22.6. The number of rotatable bonds is 7. The van der Waals surface area contributed by atoms with E-state index >= 15 is 0 Å². The molecule has 0 bridgehead atoms. The van der Waals surface area contributed by atoms with Crippen LogP contribution in [0.15, 0.2) is 47.8 Å². The molecule has 1 N–H and O–H groups in total. The van der Waals surface area contributed by atoms with E-state index in [0.717, 1.165) is 60.5 Å². The first-order valence-corrected chi connectivity index (χ1v) is 14.1. The molecule has 0 unspecified atom stereocenters. The fourth-order valence-corrected chi connectivity index (χ4v) is 6.08. The topological polar surface area (TPSA) is 71.5 Å². The molecule has 5 rings (SSSR count). The number of aromatic nitrogens is 1. The number of aryl methyl sites for hydroxylation is 1. The monoisotopic (exact) mass is 517 g/mol. The van der Waals surface area contributed by atoms with E-state index in [9.17, 15) is 9.59 Å². The van der Waals surface area contributed by atoms with Crippen molar-refractivity contribution in [3.8, 4) is 5.75 Å². The van der Waals surface area contributed by atoms with Gasteiger partial charge in [0.1, 0.15) is 23.1 Å². The molecule has 6 nitrogen and oxygen atoms in total. The third-order valence-electron chi connectivity index (χ3n) is 7.29. The van der Waals surface area contributed by atoms with Crippen molar-refractivity contribution in [3.63, 3.8) is 0 Å². The first-order chi connectivity index (χ1) is 17.9. The molecule has 1 fully saturated rings. The zero-order chi connectivity index (χ0) is 25.9. The van der Waals surface area contributed by atoms with Crippen molar-refractivity contribution in [2.24, 2.45) is 5.92 Å². The molecule has 1 aliphatic carbocycles. The molecule has 1 aromatic heterocycles. The average Bonchev–Trinajstić information content (AvgIpc) is 3.59. The Morgan fingerprint density at radius 1 is 1.14 bits per heavy atom. The van der Waals surface area contributed by atoms with Crippen LogP contribution in [0.5, 0.6) is 5.75 Å². The second kappa shape index (κ2) is 11.1. The van der Waals surface area contributed by atoms with E-state index in [4.69, 9.17) is 4.74 Å². The summed E-state index contributed by atoms with van der Waals surface area (Å²) in [6.45, 7) is 6.97. The first kappa shape index (κ1) is 25.5. The van der Waals surface area contributed by atoms with Crippen molar-refractivity contribution in [2.75, 3.05) is 6.54 Å². The summed E-state index contributed by atoms with van der Waals surface area (Å²) in [7, 11) is 0. The molecule has 1 saturated carbocycles. The highest BCUT2D eigenvalue weighted by atomic mass is 32.1. The summed E-state index contributed by atoms with van der Waals surface area (Å²) in [6.07, 6.45) is 5.13. The number of fused-ring (bicyclic) bond motifs is 1. The lowest BCUT2D eigenvalue weighted by molar-refractivity contribution is -0.137. The Bertz CT molecular complexity index is 1260. The van der Waals surface area contributed by atoms with E-state index in [1.807, 2.05) is 19.9 Å². The third kappa shape index (κ3) is 5.72. The summed E-state index contributed by atoms with van der Waals surface area (Å²) in [5, 5.41) is 5.39. The zero-order valence-electron chi connectivity index (χ0n) is 21.8. The molecule has 0 spiro atoms. The van der Waals surface area contributed by atoms with Crippen molar-refractivity contribution in [2.45, 2.75) is 71.6 Å². The summed E-state index contributed by atoms with van der Waals surface area (Å²) in [4.78, 5) is 32.4. The molecule has 0 radical (unpaired) electrons. The number of ether oxygens (including phenoxy) is 1. The number of amides is 2. The van der Waals surface area contributed by atoms with Crippen LogP contribution in [-0.2, 0) is 17.8 Å². The third-order valence-corrected chi connectivity index (χ3v) is 8.12. The van der Waals surface area contributed by atoms with Gasteiger partial charge in [0.25, 0.3) is 5.91 Å². The Balaban J connectivity index is 1.39. The van der Waals surface area contributed by atoms with Crippen LogP contribution in [0, 0.1) is 12.8 Å². The summed E-state index contributed by atoms with van der Waals surface area (Å²) < 4.78 is 6.14. The highest BCUT2D eigenvalue weighted by molar-refractivity contribution is 7.09. The van der Waals surface area contributed by atoms with Crippen LogP contribution in [0.2, 0.25) is 0 Å². The van der Waals surface area contributed by atoms with Crippen LogP contribution in [-0.4, -0.2) is 34.3 Å². The predicted octanol–water partition coefficient (Wildman–Crippen LogP) is 5.83. The van der Waals surface area contributed by atoms with Crippen LogP contribution in [0.4, 0.5) is 0 Å². The molecule has 7 heteroatoms. The average molecular weight is 518 g/mol. The van der Waals surface area contributed by atoms with Gasteiger partial charge in [-0.3, -0.25) is 9.59 Å². The molecule has 2 aromatic carbocycles. The van der Waals surface area contributed by atoms with E-state index < -0.39 is 0 Å². The quantitative estimate of drug-likeness (QED) is 0.428. The van der Waals surface area contributed by atoms with Crippen molar-refractivity contribution in [1.29, 1.82) is 0 Å². The smallest absolute Gasteiger partial charge is 0.270 e. The Kier molecular flexibility index (Phi) is 7.60. The standard InChI is InChI=1S/C30H35N3O3S/c1-19(2)31-29(34)26-18-37-27(32-26)17-36-24-13-12-21-14-15-33(30(35)23-6-4-5-7-23)28(25(21)16-24)22-10-8-20(3)9-11-22/h8-13,16,18-19,23,28H,4-7,14-15,17H2,1-3H3,(H,31,34)/t28-/m1/s1. The lowest BCUT2D eigenvalue weighted by Gasteiger charge is -2.39. The number of hydrogen-bond donors (Lipinski definition) is 1. The number of carbonyl (C=O) groups is 2. The van der Waals surface area contributed by atoms with E-state index in [1.54, 1.807) is 5.38 Å².